The average molecular weight is 414 g/mol. The number of hydrogen-bond acceptors (Lipinski definition) is 3. The van der Waals surface area contributed by atoms with Gasteiger partial charge in [0.2, 0.25) is 5.91 Å². The van der Waals surface area contributed by atoms with E-state index in [9.17, 15) is 4.79 Å². The van der Waals surface area contributed by atoms with E-state index in [2.05, 4.69) is 16.7 Å². The number of likely N-dealkylation sites (tertiary alicyclic amines) is 1. The lowest BCUT2D eigenvalue weighted by molar-refractivity contribution is -0.132. The summed E-state index contributed by atoms with van der Waals surface area (Å²) in [5.74, 6) is -0.0731. The molecular formula is C25H36FN3O. The molecule has 3 saturated heterocycles. The van der Waals surface area contributed by atoms with E-state index in [0.717, 1.165) is 63.7 Å². The Balaban J connectivity index is 1.31. The van der Waals surface area contributed by atoms with Crippen molar-refractivity contribution in [1.29, 1.82) is 0 Å². The topological polar surface area (TPSA) is 26.8 Å². The summed E-state index contributed by atoms with van der Waals surface area (Å²) in [7, 11) is 0. The van der Waals surface area contributed by atoms with Gasteiger partial charge in [-0.05, 0) is 76.6 Å². The quantitative estimate of drug-likeness (QED) is 0.700. The van der Waals surface area contributed by atoms with Gasteiger partial charge in [-0.1, -0.05) is 19.3 Å². The lowest BCUT2D eigenvalue weighted by Gasteiger charge is -2.44. The van der Waals surface area contributed by atoms with E-state index >= 15 is 4.39 Å². The van der Waals surface area contributed by atoms with E-state index in [-0.39, 0.29) is 17.1 Å². The van der Waals surface area contributed by atoms with Crippen LogP contribution in [0.2, 0.25) is 0 Å². The van der Waals surface area contributed by atoms with Gasteiger partial charge in [-0.3, -0.25) is 9.69 Å². The standard InChI is InChI=1S/C25H36FN3O/c1-19-7-5-14-28(19)21-10-16-27(18-21)20-8-9-23(22(26)17-20)29-15-6-13-25(24(29)30)11-3-2-4-12-25/h8-9,17,19,21H,2-7,10-16,18H2,1H3/t19-,21-/m0/s1. The molecule has 0 N–H and O–H groups in total. The van der Waals surface area contributed by atoms with Crippen LogP contribution in [0.5, 0.6) is 0 Å². The highest BCUT2D eigenvalue weighted by atomic mass is 19.1. The number of hydrogen-bond donors (Lipinski definition) is 0. The van der Waals surface area contributed by atoms with E-state index in [4.69, 9.17) is 0 Å². The highest BCUT2D eigenvalue weighted by Gasteiger charge is 2.45. The largest absolute Gasteiger partial charge is 0.370 e. The second kappa shape index (κ2) is 8.14. The van der Waals surface area contributed by atoms with E-state index in [0.29, 0.717) is 24.3 Å². The minimum Gasteiger partial charge on any atom is -0.370 e. The summed E-state index contributed by atoms with van der Waals surface area (Å²) >= 11 is 0. The normalized spacial score (nSPS) is 29.9. The number of anilines is 2. The van der Waals surface area contributed by atoms with Gasteiger partial charge in [0, 0.05) is 42.8 Å². The summed E-state index contributed by atoms with van der Waals surface area (Å²) in [6, 6.07) is 6.81. The predicted molar refractivity (Wildman–Crippen MR) is 120 cm³/mol. The Labute approximate surface area is 180 Å². The van der Waals surface area contributed by atoms with Gasteiger partial charge >= 0.3 is 0 Å². The fraction of sp³-hybridized carbons (Fsp3) is 0.720. The first kappa shape index (κ1) is 20.3. The third kappa shape index (κ3) is 3.53. The van der Waals surface area contributed by atoms with Crippen LogP contribution in [0.1, 0.15) is 71.1 Å². The second-order valence-electron chi connectivity index (χ2n) is 10.2. The van der Waals surface area contributed by atoms with Crippen molar-refractivity contribution >= 4 is 17.3 Å². The Morgan fingerprint density at radius 1 is 0.967 bits per heavy atom. The molecule has 1 saturated carbocycles. The molecule has 1 spiro atoms. The fourth-order valence-corrected chi connectivity index (χ4v) is 6.65. The molecule has 2 atom stereocenters. The first-order valence-corrected chi connectivity index (χ1v) is 12.2. The van der Waals surface area contributed by atoms with Crippen molar-refractivity contribution in [2.45, 2.75) is 83.2 Å². The van der Waals surface area contributed by atoms with Gasteiger partial charge in [-0.2, -0.15) is 0 Å². The molecule has 4 nitrogen and oxygen atoms in total. The van der Waals surface area contributed by atoms with Crippen LogP contribution in [0, 0.1) is 11.2 Å². The highest BCUT2D eigenvalue weighted by Crippen LogP contribution is 2.45. The summed E-state index contributed by atoms with van der Waals surface area (Å²) in [5, 5.41) is 0. The maximum absolute atomic E-state index is 15.2. The molecule has 1 aliphatic carbocycles. The highest BCUT2D eigenvalue weighted by molar-refractivity contribution is 5.98. The van der Waals surface area contributed by atoms with Gasteiger partial charge in [-0.15, -0.1) is 0 Å². The van der Waals surface area contributed by atoms with Crippen molar-refractivity contribution in [3.63, 3.8) is 0 Å². The van der Waals surface area contributed by atoms with E-state index in [1.807, 2.05) is 12.1 Å². The summed E-state index contributed by atoms with van der Waals surface area (Å²) in [6.07, 6.45) is 11.2. The Hall–Kier alpha value is -1.62. The minimum absolute atomic E-state index is 0.171. The van der Waals surface area contributed by atoms with Crippen LogP contribution in [-0.2, 0) is 4.79 Å². The van der Waals surface area contributed by atoms with Crippen LogP contribution in [0.25, 0.3) is 0 Å². The monoisotopic (exact) mass is 413 g/mol. The number of amides is 1. The third-order valence-corrected chi connectivity index (χ3v) is 8.37. The molecule has 4 fully saturated rings. The summed E-state index contributed by atoms with van der Waals surface area (Å²) in [4.78, 5) is 20.1. The van der Waals surface area contributed by atoms with Crippen molar-refractivity contribution in [3.05, 3.63) is 24.0 Å². The first-order valence-electron chi connectivity index (χ1n) is 12.2. The molecule has 0 bridgehead atoms. The van der Waals surface area contributed by atoms with Gasteiger partial charge < -0.3 is 9.80 Å². The number of carbonyl (C=O) groups excluding carboxylic acids is 1. The van der Waals surface area contributed by atoms with Crippen molar-refractivity contribution < 1.29 is 9.18 Å². The van der Waals surface area contributed by atoms with E-state index < -0.39 is 0 Å². The van der Waals surface area contributed by atoms with Crippen molar-refractivity contribution in [3.8, 4) is 0 Å². The first-order chi connectivity index (χ1) is 14.6. The molecule has 5 rings (SSSR count). The molecule has 1 amide bonds. The zero-order valence-corrected chi connectivity index (χ0v) is 18.4. The van der Waals surface area contributed by atoms with Gasteiger partial charge in [0.1, 0.15) is 5.82 Å². The van der Waals surface area contributed by atoms with Crippen molar-refractivity contribution in [1.82, 2.24) is 4.90 Å². The molecule has 0 aromatic heterocycles. The predicted octanol–water partition coefficient (Wildman–Crippen LogP) is 4.97. The number of rotatable bonds is 3. The van der Waals surface area contributed by atoms with Crippen LogP contribution >= 0.6 is 0 Å². The summed E-state index contributed by atoms with van der Waals surface area (Å²) in [6.45, 7) is 6.15. The molecular weight excluding hydrogens is 377 g/mol. The number of carbonyl (C=O) groups is 1. The average Bonchev–Trinajstić information content (AvgIpc) is 3.40. The maximum Gasteiger partial charge on any atom is 0.233 e. The number of benzene rings is 1. The zero-order valence-electron chi connectivity index (χ0n) is 18.4. The van der Waals surface area contributed by atoms with Gasteiger partial charge in [0.25, 0.3) is 0 Å². The SMILES string of the molecule is C[C@H]1CCCN1[C@H]1CCN(c2ccc(N3CCCC4(CCCCC4)C3=O)c(F)c2)C1. The third-order valence-electron chi connectivity index (χ3n) is 8.37. The molecule has 5 heteroatoms. The van der Waals surface area contributed by atoms with Crippen LogP contribution in [0.15, 0.2) is 18.2 Å². The smallest absolute Gasteiger partial charge is 0.233 e. The Bertz CT molecular complexity index is 785. The molecule has 1 aromatic carbocycles. The van der Waals surface area contributed by atoms with Gasteiger partial charge in [-0.25, -0.2) is 4.39 Å². The van der Waals surface area contributed by atoms with Gasteiger partial charge in [0.15, 0.2) is 0 Å². The van der Waals surface area contributed by atoms with E-state index in [1.54, 1.807) is 11.0 Å². The molecule has 1 aromatic rings. The molecule has 164 valence electrons. The Kier molecular flexibility index (Phi) is 5.51. The molecule has 30 heavy (non-hydrogen) atoms. The fourth-order valence-electron chi connectivity index (χ4n) is 6.65. The molecule has 0 radical (unpaired) electrons. The lowest BCUT2D eigenvalue weighted by atomic mass is 9.68. The van der Waals surface area contributed by atoms with Crippen LogP contribution in [0.3, 0.4) is 0 Å². The Morgan fingerprint density at radius 2 is 1.77 bits per heavy atom. The molecule has 4 aliphatic rings. The number of piperidine rings is 1. The van der Waals surface area contributed by atoms with Crippen molar-refractivity contribution in [2.24, 2.45) is 5.41 Å². The lowest BCUT2D eigenvalue weighted by Crippen LogP contribution is -2.50. The van der Waals surface area contributed by atoms with E-state index in [1.165, 1.54) is 25.8 Å². The summed E-state index contributed by atoms with van der Waals surface area (Å²) < 4.78 is 15.2. The van der Waals surface area contributed by atoms with Crippen molar-refractivity contribution in [2.75, 3.05) is 36.0 Å². The maximum atomic E-state index is 15.2. The molecule has 0 unspecified atom stereocenters. The number of nitrogens with zero attached hydrogens (tertiary/aromatic N) is 3. The molecule has 3 aliphatic heterocycles. The minimum atomic E-state index is -0.244. The zero-order chi connectivity index (χ0) is 20.7. The summed E-state index contributed by atoms with van der Waals surface area (Å²) in [5.41, 5.74) is 1.22. The number of halogens is 1. The Morgan fingerprint density at radius 3 is 2.50 bits per heavy atom. The van der Waals surface area contributed by atoms with Crippen LogP contribution in [0.4, 0.5) is 15.8 Å². The second-order valence-corrected chi connectivity index (χ2v) is 10.2. The van der Waals surface area contributed by atoms with Crippen LogP contribution < -0.4 is 9.80 Å². The van der Waals surface area contributed by atoms with Crippen LogP contribution in [-0.4, -0.2) is 49.1 Å². The van der Waals surface area contributed by atoms with Gasteiger partial charge in [0.05, 0.1) is 5.69 Å². The molecule has 3 heterocycles.